The van der Waals surface area contributed by atoms with Gasteiger partial charge in [0.25, 0.3) is 0 Å². The first-order chi connectivity index (χ1) is 9.97. The van der Waals surface area contributed by atoms with Gasteiger partial charge in [0.05, 0.1) is 0 Å². The third-order valence-corrected chi connectivity index (χ3v) is 4.56. The second-order valence-corrected chi connectivity index (χ2v) is 6.33. The quantitative estimate of drug-likeness (QED) is 0.834. The molecular formula is C17H22N2O2. The van der Waals surface area contributed by atoms with Crippen LogP contribution in [0.2, 0.25) is 0 Å². The van der Waals surface area contributed by atoms with Crippen LogP contribution in [-0.4, -0.2) is 40.2 Å². The molecule has 2 saturated heterocycles. The second kappa shape index (κ2) is 5.17. The summed E-state index contributed by atoms with van der Waals surface area (Å²) in [6.07, 6.45) is 1.74. The summed E-state index contributed by atoms with van der Waals surface area (Å²) in [4.78, 5) is 28.6. The molecule has 2 amide bonds. The number of hydrogen-bond donors (Lipinski definition) is 0. The molecule has 112 valence electrons. The van der Waals surface area contributed by atoms with Crippen molar-refractivity contribution in [3.8, 4) is 0 Å². The highest BCUT2D eigenvalue weighted by atomic mass is 16.2. The fourth-order valence-electron chi connectivity index (χ4n) is 3.61. The van der Waals surface area contributed by atoms with E-state index >= 15 is 0 Å². The molecule has 0 spiro atoms. The lowest BCUT2D eigenvalue weighted by Crippen LogP contribution is -2.61. The average Bonchev–Trinajstić information content (AvgIpc) is 2.90. The highest BCUT2D eigenvalue weighted by Crippen LogP contribution is 2.28. The first-order valence-electron chi connectivity index (χ1n) is 7.65. The van der Waals surface area contributed by atoms with Crippen LogP contribution < -0.4 is 0 Å². The van der Waals surface area contributed by atoms with E-state index in [-0.39, 0.29) is 23.9 Å². The van der Waals surface area contributed by atoms with Crippen molar-refractivity contribution in [3.63, 3.8) is 0 Å². The van der Waals surface area contributed by atoms with Crippen molar-refractivity contribution >= 4 is 11.8 Å². The van der Waals surface area contributed by atoms with Crippen molar-refractivity contribution in [2.75, 3.05) is 6.54 Å². The van der Waals surface area contributed by atoms with Gasteiger partial charge < -0.3 is 9.80 Å². The molecule has 0 aliphatic carbocycles. The van der Waals surface area contributed by atoms with Crippen molar-refractivity contribution in [2.45, 2.75) is 52.2 Å². The summed E-state index contributed by atoms with van der Waals surface area (Å²) < 4.78 is 0. The molecule has 0 radical (unpaired) electrons. The van der Waals surface area contributed by atoms with Crippen LogP contribution in [0.1, 0.15) is 36.5 Å². The number of fused-ring (bicyclic) bond motifs is 1. The molecule has 2 aliphatic heterocycles. The van der Waals surface area contributed by atoms with Crippen molar-refractivity contribution in [1.29, 1.82) is 0 Å². The van der Waals surface area contributed by atoms with Gasteiger partial charge in [-0.1, -0.05) is 29.3 Å². The second-order valence-electron chi connectivity index (χ2n) is 6.33. The summed E-state index contributed by atoms with van der Waals surface area (Å²) >= 11 is 0. The first-order valence-corrected chi connectivity index (χ1v) is 7.65. The maximum atomic E-state index is 12.7. The standard InChI is InChI=1S/C17H22N2O2/c1-11-7-12(2)9-14(8-11)10-19-13(3)16(20)18-6-4-5-15(18)17(19)21/h7-9,13,15H,4-6,10H2,1-3H3/t13-,15+/m0/s1. The maximum absolute atomic E-state index is 12.7. The number of carbonyl (C=O) groups excluding carboxylic acids is 2. The van der Waals surface area contributed by atoms with Gasteiger partial charge >= 0.3 is 0 Å². The van der Waals surface area contributed by atoms with Gasteiger partial charge in [-0.05, 0) is 39.2 Å². The van der Waals surface area contributed by atoms with Gasteiger partial charge in [0.2, 0.25) is 11.8 Å². The lowest BCUT2D eigenvalue weighted by molar-refractivity contribution is -0.159. The highest BCUT2D eigenvalue weighted by molar-refractivity contribution is 5.97. The van der Waals surface area contributed by atoms with E-state index in [0.29, 0.717) is 6.54 Å². The van der Waals surface area contributed by atoms with E-state index in [9.17, 15) is 9.59 Å². The maximum Gasteiger partial charge on any atom is 0.246 e. The van der Waals surface area contributed by atoms with Gasteiger partial charge in [0.1, 0.15) is 12.1 Å². The number of rotatable bonds is 2. The summed E-state index contributed by atoms with van der Waals surface area (Å²) in [5.74, 6) is 0.209. The predicted molar refractivity (Wildman–Crippen MR) is 80.7 cm³/mol. The van der Waals surface area contributed by atoms with Crippen molar-refractivity contribution in [3.05, 3.63) is 34.9 Å². The Hall–Kier alpha value is -1.84. The summed E-state index contributed by atoms with van der Waals surface area (Å²) in [7, 11) is 0. The van der Waals surface area contributed by atoms with E-state index in [0.717, 1.165) is 24.9 Å². The zero-order valence-corrected chi connectivity index (χ0v) is 12.9. The lowest BCUT2D eigenvalue weighted by atomic mass is 10.0. The molecule has 2 heterocycles. The van der Waals surface area contributed by atoms with Gasteiger partial charge in [-0.15, -0.1) is 0 Å². The molecule has 2 fully saturated rings. The highest BCUT2D eigenvalue weighted by Gasteiger charge is 2.45. The number of hydrogen-bond acceptors (Lipinski definition) is 2. The van der Waals surface area contributed by atoms with E-state index in [1.54, 1.807) is 9.80 Å². The van der Waals surface area contributed by atoms with Crippen LogP contribution in [0, 0.1) is 13.8 Å². The normalized spacial score (nSPS) is 25.5. The number of carbonyl (C=O) groups is 2. The van der Waals surface area contributed by atoms with E-state index in [1.165, 1.54) is 11.1 Å². The Balaban J connectivity index is 1.86. The van der Waals surface area contributed by atoms with Gasteiger partial charge in [0, 0.05) is 13.1 Å². The van der Waals surface area contributed by atoms with Crippen LogP contribution in [0.5, 0.6) is 0 Å². The Morgan fingerprint density at radius 1 is 1.10 bits per heavy atom. The Morgan fingerprint density at radius 2 is 1.76 bits per heavy atom. The predicted octanol–water partition coefficient (Wildman–Crippen LogP) is 2.03. The van der Waals surface area contributed by atoms with Gasteiger partial charge in [0.15, 0.2) is 0 Å². The SMILES string of the molecule is Cc1cc(C)cc(CN2C(=O)[C@H]3CCCN3C(=O)[C@@H]2C)c1. The molecule has 2 aliphatic rings. The monoisotopic (exact) mass is 286 g/mol. The number of benzene rings is 1. The Kier molecular flexibility index (Phi) is 3.47. The molecule has 1 aromatic carbocycles. The minimum Gasteiger partial charge on any atom is -0.329 e. The van der Waals surface area contributed by atoms with Crippen molar-refractivity contribution in [1.82, 2.24) is 9.80 Å². The third-order valence-electron chi connectivity index (χ3n) is 4.56. The topological polar surface area (TPSA) is 40.6 Å². The van der Waals surface area contributed by atoms with Crippen LogP contribution in [0.3, 0.4) is 0 Å². The van der Waals surface area contributed by atoms with Crippen LogP contribution in [0.15, 0.2) is 18.2 Å². The largest absolute Gasteiger partial charge is 0.329 e. The summed E-state index contributed by atoms with van der Waals surface area (Å²) in [5, 5.41) is 0. The zero-order valence-electron chi connectivity index (χ0n) is 12.9. The van der Waals surface area contributed by atoms with E-state index in [4.69, 9.17) is 0 Å². The number of nitrogens with zero attached hydrogens (tertiary/aromatic N) is 2. The zero-order chi connectivity index (χ0) is 15.1. The number of piperazine rings is 1. The average molecular weight is 286 g/mol. The lowest BCUT2D eigenvalue weighted by Gasteiger charge is -2.41. The number of aryl methyl sites for hydroxylation is 2. The third kappa shape index (κ3) is 2.43. The van der Waals surface area contributed by atoms with Gasteiger partial charge in [-0.3, -0.25) is 9.59 Å². The fraction of sp³-hybridized carbons (Fsp3) is 0.529. The molecule has 2 atom stereocenters. The fourth-order valence-corrected chi connectivity index (χ4v) is 3.61. The molecule has 1 aromatic rings. The van der Waals surface area contributed by atoms with Gasteiger partial charge in [-0.25, -0.2) is 0 Å². The molecule has 4 heteroatoms. The summed E-state index contributed by atoms with van der Waals surface area (Å²) in [6.45, 7) is 7.22. The molecule has 4 nitrogen and oxygen atoms in total. The molecule has 3 rings (SSSR count). The molecule has 21 heavy (non-hydrogen) atoms. The van der Waals surface area contributed by atoms with Crippen molar-refractivity contribution < 1.29 is 9.59 Å². The van der Waals surface area contributed by atoms with Crippen molar-refractivity contribution in [2.24, 2.45) is 0 Å². The Morgan fingerprint density at radius 3 is 2.43 bits per heavy atom. The van der Waals surface area contributed by atoms with E-state index < -0.39 is 0 Å². The molecule has 0 bridgehead atoms. The minimum atomic E-state index is -0.354. The number of amides is 2. The Bertz CT molecular complexity index is 576. The molecular weight excluding hydrogens is 264 g/mol. The first kappa shape index (κ1) is 14.1. The molecule has 0 N–H and O–H groups in total. The summed E-state index contributed by atoms with van der Waals surface area (Å²) in [6, 6.07) is 5.73. The van der Waals surface area contributed by atoms with E-state index in [2.05, 4.69) is 32.0 Å². The molecule has 0 aromatic heterocycles. The van der Waals surface area contributed by atoms with Crippen LogP contribution in [-0.2, 0) is 16.1 Å². The van der Waals surface area contributed by atoms with Crippen LogP contribution in [0.4, 0.5) is 0 Å². The minimum absolute atomic E-state index is 0.0986. The summed E-state index contributed by atoms with van der Waals surface area (Å²) in [5.41, 5.74) is 3.49. The smallest absolute Gasteiger partial charge is 0.246 e. The van der Waals surface area contributed by atoms with E-state index in [1.807, 2.05) is 6.92 Å². The van der Waals surface area contributed by atoms with Crippen LogP contribution >= 0.6 is 0 Å². The van der Waals surface area contributed by atoms with Gasteiger partial charge in [-0.2, -0.15) is 0 Å². The van der Waals surface area contributed by atoms with Crippen LogP contribution in [0.25, 0.3) is 0 Å². The molecule has 0 saturated carbocycles. The Labute approximate surface area is 125 Å². The molecule has 0 unspecified atom stereocenters.